The molecule has 0 spiro atoms. The predicted molar refractivity (Wildman–Crippen MR) is 68.7 cm³/mol. The highest BCUT2D eigenvalue weighted by Crippen LogP contribution is 2.27. The van der Waals surface area contributed by atoms with Crippen molar-refractivity contribution in [2.75, 3.05) is 20.3 Å². The van der Waals surface area contributed by atoms with E-state index in [0.717, 1.165) is 6.42 Å². The van der Waals surface area contributed by atoms with Gasteiger partial charge in [0.2, 0.25) is 0 Å². The van der Waals surface area contributed by atoms with Crippen molar-refractivity contribution in [3.05, 3.63) is 23.8 Å². The highest BCUT2D eigenvalue weighted by atomic mass is 16.5. The number of nitrogens with one attached hydrogen (secondary N) is 1. The summed E-state index contributed by atoms with van der Waals surface area (Å²) in [6, 6.07) is 4.55. The van der Waals surface area contributed by atoms with Gasteiger partial charge >= 0.3 is 0 Å². The lowest BCUT2D eigenvalue weighted by Crippen LogP contribution is -2.31. The van der Waals surface area contributed by atoms with Crippen LogP contribution in [0.4, 0.5) is 0 Å². The Hall–Kier alpha value is -1.30. The summed E-state index contributed by atoms with van der Waals surface area (Å²) in [6.45, 7) is 3.07. The molecule has 0 bridgehead atoms. The highest BCUT2D eigenvalue weighted by molar-refractivity contribution is 5.41. The van der Waals surface area contributed by atoms with E-state index in [2.05, 4.69) is 5.32 Å². The van der Waals surface area contributed by atoms with Gasteiger partial charge in [-0.3, -0.25) is 0 Å². The van der Waals surface area contributed by atoms with Gasteiger partial charge in [-0.1, -0.05) is 6.07 Å². The van der Waals surface area contributed by atoms with Gasteiger partial charge in [0.05, 0.1) is 6.10 Å². The fourth-order valence-electron chi connectivity index (χ4n) is 1.58. The molecule has 1 aromatic carbocycles. The Morgan fingerprint density at radius 2 is 2.00 bits per heavy atom. The van der Waals surface area contributed by atoms with Crippen LogP contribution in [0.5, 0.6) is 11.5 Å². The van der Waals surface area contributed by atoms with E-state index >= 15 is 0 Å². The van der Waals surface area contributed by atoms with Crippen molar-refractivity contribution in [1.82, 2.24) is 5.32 Å². The summed E-state index contributed by atoms with van der Waals surface area (Å²) in [5.41, 5.74) is 0.566. The van der Waals surface area contributed by atoms with E-state index in [-0.39, 0.29) is 17.5 Å². The first kappa shape index (κ1) is 14.8. The average molecular weight is 255 g/mol. The summed E-state index contributed by atoms with van der Waals surface area (Å²) in [5.74, 6) is -0.411. The molecule has 1 rings (SSSR count). The summed E-state index contributed by atoms with van der Waals surface area (Å²) >= 11 is 0. The molecule has 0 aliphatic rings. The SMILES string of the molecule is COCCC(C)NCC(O)c1ccc(O)c(O)c1. The monoisotopic (exact) mass is 255 g/mol. The molecule has 0 aromatic heterocycles. The van der Waals surface area contributed by atoms with E-state index < -0.39 is 6.10 Å². The lowest BCUT2D eigenvalue weighted by Gasteiger charge is -2.17. The lowest BCUT2D eigenvalue weighted by molar-refractivity contribution is 0.158. The van der Waals surface area contributed by atoms with Crippen molar-refractivity contribution in [2.45, 2.75) is 25.5 Å². The molecule has 18 heavy (non-hydrogen) atoms. The second-order valence-electron chi connectivity index (χ2n) is 4.35. The Bertz CT molecular complexity index is 370. The molecule has 0 radical (unpaired) electrons. The molecule has 102 valence electrons. The van der Waals surface area contributed by atoms with Gasteiger partial charge < -0.3 is 25.4 Å². The van der Waals surface area contributed by atoms with Crippen LogP contribution in [0.3, 0.4) is 0 Å². The van der Waals surface area contributed by atoms with Gasteiger partial charge in [0.15, 0.2) is 11.5 Å². The Labute approximate surface area is 107 Å². The lowest BCUT2D eigenvalue weighted by atomic mass is 10.1. The number of rotatable bonds is 7. The van der Waals surface area contributed by atoms with Gasteiger partial charge in [-0.25, -0.2) is 0 Å². The predicted octanol–water partition coefficient (Wildman–Crippen LogP) is 1.15. The van der Waals surface area contributed by atoms with Crippen LogP contribution in [0, 0.1) is 0 Å². The van der Waals surface area contributed by atoms with Gasteiger partial charge in [0.25, 0.3) is 0 Å². The van der Waals surface area contributed by atoms with Gasteiger partial charge in [0, 0.05) is 26.3 Å². The number of aliphatic hydroxyl groups is 1. The molecule has 5 heteroatoms. The number of phenolic OH excluding ortho intramolecular Hbond substituents is 2. The molecule has 0 amide bonds. The fourth-order valence-corrected chi connectivity index (χ4v) is 1.58. The first-order valence-corrected chi connectivity index (χ1v) is 5.97. The van der Waals surface area contributed by atoms with Crippen LogP contribution in [0.2, 0.25) is 0 Å². The van der Waals surface area contributed by atoms with Gasteiger partial charge in [-0.15, -0.1) is 0 Å². The molecular weight excluding hydrogens is 234 g/mol. The normalized spacial score (nSPS) is 14.4. The van der Waals surface area contributed by atoms with Gasteiger partial charge in [-0.2, -0.15) is 0 Å². The number of benzene rings is 1. The van der Waals surface area contributed by atoms with Gasteiger partial charge in [-0.05, 0) is 31.0 Å². The molecule has 0 saturated heterocycles. The molecular formula is C13H21NO4. The molecule has 5 nitrogen and oxygen atoms in total. The zero-order valence-corrected chi connectivity index (χ0v) is 10.8. The van der Waals surface area contributed by atoms with E-state index in [9.17, 15) is 15.3 Å². The molecule has 0 aliphatic carbocycles. The maximum absolute atomic E-state index is 9.92. The highest BCUT2D eigenvalue weighted by Gasteiger charge is 2.11. The zero-order chi connectivity index (χ0) is 13.5. The second kappa shape index (κ2) is 7.20. The van der Waals surface area contributed by atoms with Crippen LogP contribution in [0.1, 0.15) is 25.0 Å². The standard InChI is InChI=1S/C13H21NO4/c1-9(5-6-18-2)14-8-13(17)10-3-4-11(15)12(16)7-10/h3-4,7,9,13-17H,5-6,8H2,1-2H3. The molecule has 0 aliphatic heterocycles. The topological polar surface area (TPSA) is 82.0 Å². The molecule has 2 atom stereocenters. The molecule has 4 N–H and O–H groups in total. The van der Waals surface area contributed by atoms with E-state index in [1.165, 1.54) is 12.1 Å². The number of aliphatic hydroxyl groups excluding tert-OH is 1. The summed E-state index contributed by atoms with van der Waals surface area (Å²) in [4.78, 5) is 0. The fraction of sp³-hybridized carbons (Fsp3) is 0.538. The summed E-state index contributed by atoms with van der Waals surface area (Å²) in [6.07, 6.45) is 0.144. The van der Waals surface area contributed by atoms with Gasteiger partial charge in [0.1, 0.15) is 0 Å². The van der Waals surface area contributed by atoms with Crippen LogP contribution in [-0.4, -0.2) is 41.6 Å². The number of ether oxygens (including phenoxy) is 1. The third-order valence-corrected chi connectivity index (χ3v) is 2.80. The minimum atomic E-state index is -0.721. The van der Waals surface area contributed by atoms with E-state index in [1.807, 2.05) is 6.92 Å². The third kappa shape index (κ3) is 4.52. The Morgan fingerprint density at radius 1 is 1.28 bits per heavy atom. The van der Waals surface area contributed by atoms with Crippen molar-refractivity contribution in [2.24, 2.45) is 0 Å². The largest absolute Gasteiger partial charge is 0.504 e. The Morgan fingerprint density at radius 3 is 2.61 bits per heavy atom. The van der Waals surface area contributed by atoms with Crippen molar-refractivity contribution < 1.29 is 20.1 Å². The van der Waals surface area contributed by atoms with Crippen LogP contribution in [0.25, 0.3) is 0 Å². The van der Waals surface area contributed by atoms with E-state index in [1.54, 1.807) is 13.2 Å². The molecule has 0 saturated carbocycles. The molecule has 2 unspecified atom stereocenters. The summed E-state index contributed by atoms with van der Waals surface area (Å²) in [5, 5.41) is 31.6. The van der Waals surface area contributed by atoms with E-state index in [4.69, 9.17) is 4.74 Å². The van der Waals surface area contributed by atoms with Crippen molar-refractivity contribution in [3.8, 4) is 11.5 Å². The average Bonchev–Trinajstić information content (AvgIpc) is 2.36. The number of hydrogen-bond donors (Lipinski definition) is 4. The van der Waals surface area contributed by atoms with Crippen LogP contribution in [0.15, 0.2) is 18.2 Å². The quantitative estimate of drug-likeness (QED) is 0.549. The maximum atomic E-state index is 9.92. The molecule has 1 aromatic rings. The van der Waals surface area contributed by atoms with Crippen LogP contribution in [-0.2, 0) is 4.74 Å². The smallest absolute Gasteiger partial charge is 0.157 e. The van der Waals surface area contributed by atoms with Crippen molar-refractivity contribution in [3.63, 3.8) is 0 Å². The summed E-state index contributed by atoms with van der Waals surface area (Å²) < 4.78 is 4.97. The van der Waals surface area contributed by atoms with Crippen LogP contribution < -0.4 is 5.32 Å². The first-order chi connectivity index (χ1) is 8.54. The van der Waals surface area contributed by atoms with Crippen LogP contribution >= 0.6 is 0 Å². The molecule has 0 heterocycles. The maximum Gasteiger partial charge on any atom is 0.157 e. The molecule has 0 fully saturated rings. The van der Waals surface area contributed by atoms with Crippen molar-refractivity contribution >= 4 is 0 Å². The van der Waals surface area contributed by atoms with Crippen molar-refractivity contribution in [1.29, 1.82) is 0 Å². The number of phenols is 2. The minimum absolute atomic E-state index is 0.188. The zero-order valence-electron chi connectivity index (χ0n) is 10.8. The Kier molecular flexibility index (Phi) is 5.91. The number of methoxy groups -OCH3 is 1. The number of hydrogen-bond acceptors (Lipinski definition) is 5. The second-order valence-corrected chi connectivity index (χ2v) is 4.35. The first-order valence-electron chi connectivity index (χ1n) is 5.97. The van der Waals surface area contributed by atoms with E-state index in [0.29, 0.717) is 18.7 Å². The minimum Gasteiger partial charge on any atom is -0.504 e. The number of aromatic hydroxyl groups is 2. The summed E-state index contributed by atoms with van der Waals surface area (Å²) in [7, 11) is 1.65. The Balaban J connectivity index is 2.44. The third-order valence-electron chi connectivity index (χ3n) is 2.80.